The van der Waals surface area contributed by atoms with Crippen molar-refractivity contribution >= 4 is 44.0 Å². The van der Waals surface area contributed by atoms with Crippen molar-refractivity contribution in [2.75, 3.05) is 5.32 Å². The number of thiazole rings is 1. The molecule has 0 aliphatic heterocycles. The summed E-state index contributed by atoms with van der Waals surface area (Å²) in [5, 5.41) is 6.84. The quantitative estimate of drug-likeness (QED) is 0.920. The predicted octanol–water partition coefficient (Wildman–Crippen LogP) is 4.17. The molecule has 0 atom stereocenters. The molecule has 0 unspecified atom stereocenters. The number of rotatable bonds is 3. The maximum absolute atomic E-state index is 5.86. The molecule has 0 aliphatic carbocycles. The number of aromatic nitrogens is 1. The molecule has 1 aromatic heterocycles. The zero-order chi connectivity index (χ0) is 10.7. The van der Waals surface area contributed by atoms with E-state index < -0.39 is 0 Å². The van der Waals surface area contributed by atoms with Gasteiger partial charge in [-0.25, -0.2) is 4.98 Å². The first-order valence-electron chi connectivity index (χ1n) is 4.33. The molecule has 0 spiro atoms. The first kappa shape index (κ1) is 10.9. The first-order chi connectivity index (χ1) is 7.25. The number of hydrogen-bond acceptors (Lipinski definition) is 3. The third kappa shape index (κ3) is 2.93. The van der Waals surface area contributed by atoms with Crippen molar-refractivity contribution in [3.8, 4) is 0 Å². The summed E-state index contributed by atoms with van der Waals surface area (Å²) in [5.74, 6) is 0. The highest BCUT2D eigenvalue weighted by atomic mass is 79.9. The number of benzene rings is 1. The Bertz CT molecular complexity index is 445. The van der Waals surface area contributed by atoms with Crippen molar-refractivity contribution in [2.24, 2.45) is 0 Å². The maximum Gasteiger partial charge on any atom is 0.182 e. The van der Waals surface area contributed by atoms with Gasteiger partial charge >= 0.3 is 0 Å². The average Bonchev–Trinajstić information content (AvgIpc) is 2.69. The molecule has 0 fully saturated rings. The lowest BCUT2D eigenvalue weighted by molar-refractivity contribution is 1.12. The van der Waals surface area contributed by atoms with Crippen LogP contribution >= 0.6 is 38.9 Å². The topological polar surface area (TPSA) is 24.9 Å². The minimum Gasteiger partial charge on any atom is -0.357 e. The van der Waals surface area contributed by atoms with E-state index >= 15 is 0 Å². The second kappa shape index (κ2) is 4.96. The van der Waals surface area contributed by atoms with Crippen molar-refractivity contribution in [2.45, 2.75) is 6.54 Å². The Balaban J connectivity index is 2.05. The van der Waals surface area contributed by atoms with Gasteiger partial charge in [-0.15, -0.1) is 11.3 Å². The van der Waals surface area contributed by atoms with Crippen LogP contribution in [0.5, 0.6) is 0 Å². The number of hydrogen-bond donors (Lipinski definition) is 1. The molecule has 2 nitrogen and oxygen atoms in total. The summed E-state index contributed by atoms with van der Waals surface area (Å²) in [6.45, 7) is 0.741. The van der Waals surface area contributed by atoms with Gasteiger partial charge in [0.1, 0.15) is 0 Å². The van der Waals surface area contributed by atoms with E-state index in [2.05, 4.69) is 26.2 Å². The highest BCUT2D eigenvalue weighted by molar-refractivity contribution is 9.10. The number of anilines is 1. The van der Waals surface area contributed by atoms with E-state index in [0.717, 1.165) is 26.7 Å². The standard InChI is InChI=1S/C10H8BrClN2S/c11-9-5-8(12)2-1-7(9)6-14-10-13-3-4-15-10/h1-5H,6H2,(H,13,14). The zero-order valence-corrected chi connectivity index (χ0v) is 10.9. The maximum atomic E-state index is 5.86. The van der Waals surface area contributed by atoms with E-state index in [1.807, 2.05) is 23.6 Å². The minimum atomic E-state index is 0.736. The molecule has 0 radical (unpaired) electrons. The third-order valence-corrected chi connectivity index (χ3v) is 3.58. The highest BCUT2D eigenvalue weighted by Crippen LogP contribution is 2.22. The fourth-order valence-electron chi connectivity index (χ4n) is 1.15. The Labute approximate surface area is 105 Å². The van der Waals surface area contributed by atoms with Gasteiger partial charge in [-0.2, -0.15) is 0 Å². The fourth-order valence-corrected chi connectivity index (χ4v) is 2.50. The van der Waals surface area contributed by atoms with E-state index in [1.165, 1.54) is 0 Å². The highest BCUT2D eigenvalue weighted by Gasteiger charge is 2.01. The van der Waals surface area contributed by atoms with Gasteiger partial charge in [0, 0.05) is 27.6 Å². The van der Waals surface area contributed by atoms with Crippen LogP contribution in [0.4, 0.5) is 5.13 Å². The van der Waals surface area contributed by atoms with Crippen LogP contribution in [0.3, 0.4) is 0 Å². The molecule has 0 amide bonds. The third-order valence-electron chi connectivity index (χ3n) is 1.88. The van der Waals surface area contributed by atoms with E-state index in [9.17, 15) is 0 Å². The second-order valence-corrected chi connectivity index (χ2v) is 5.11. The largest absolute Gasteiger partial charge is 0.357 e. The van der Waals surface area contributed by atoms with Crippen molar-refractivity contribution in [3.63, 3.8) is 0 Å². The molecule has 0 saturated carbocycles. The summed E-state index contributed by atoms with van der Waals surface area (Å²) in [6.07, 6.45) is 1.78. The Hall–Kier alpha value is -0.580. The average molecular weight is 304 g/mol. The fraction of sp³-hybridized carbons (Fsp3) is 0.100. The van der Waals surface area contributed by atoms with Crippen LogP contribution in [-0.4, -0.2) is 4.98 Å². The van der Waals surface area contributed by atoms with Crippen molar-refractivity contribution in [3.05, 3.63) is 44.8 Å². The SMILES string of the molecule is Clc1ccc(CNc2nccs2)c(Br)c1. The Morgan fingerprint density at radius 2 is 2.33 bits per heavy atom. The van der Waals surface area contributed by atoms with Crippen LogP contribution < -0.4 is 5.32 Å². The molecule has 1 N–H and O–H groups in total. The molecule has 1 heterocycles. The van der Waals surface area contributed by atoms with Crippen LogP contribution in [0.1, 0.15) is 5.56 Å². The Morgan fingerprint density at radius 1 is 1.47 bits per heavy atom. The smallest absolute Gasteiger partial charge is 0.182 e. The molecule has 15 heavy (non-hydrogen) atoms. The van der Waals surface area contributed by atoms with Crippen molar-refractivity contribution < 1.29 is 0 Å². The lowest BCUT2D eigenvalue weighted by Gasteiger charge is -2.05. The van der Waals surface area contributed by atoms with Crippen molar-refractivity contribution in [1.29, 1.82) is 0 Å². The molecule has 5 heteroatoms. The molecule has 0 saturated heterocycles. The molecule has 0 aliphatic rings. The summed E-state index contributed by atoms with van der Waals surface area (Å²) < 4.78 is 1.01. The van der Waals surface area contributed by atoms with Gasteiger partial charge in [0.2, 0.25) is 0 Å². The monoisotopic (exact) mass is 302 g/mol. The molecular weight excluding hydrogens is 296 g/mol. The number of nitrogens with one attached hydrogen (secondary N) is 1. The Morgan fingerprint density at radius 3 is 3.00 bits per heavy atom. The van der Waals surface area contributed by atoms with Crippen LogP contribution in [0.15, 0.2) is 34.2 Å². The van der Waals surface area contributed by atoms with E-state index in [-0.39, 0.29) is 0 Å². The lowest BCUT2D eigenvalue weighted by Crippen LogP contribution is -1.99. The van der Waals surface area contributed by atoms with Gasteiger partial charge in [0.15, 0.2) is 5.13 Å². The molecule has 0 bridgehead atoms. The summed E-state index contributed by atoms with van der Waals surface area (Å²) in [5.41, 5.74) is 1.16. The summed E-state index contributed by atoms with van der Waals surface area (Å²) in [4.78, 5) is 4.14. The normalized spacial score (nSPS) is 10.3. The van der Waals surface area contributed by atoms with Crippen LogP contribution in [-0.2, 0) is 6.54 Å². The molecule has 2 rings (SSSR count). The van der Waals surface area contributed by atoms with Crippen LogP contribution in [0.25, 0.3) is 0 Å². The molecule has 78 valence electrons. The summed E-state index contributed by atoms with van der Waals surface area (Å²) in [6, 6.07) is 5.76. The van der Waals surface area contributed by atoms with Gasteiger partial charge in [0.05, 0.1) is 0 Å². The minimum absolute atomic E-state index is 0.736. The zero-order valence-electron chi connectivity index (χ0n) is 7.71. The predicted molar refractivity (Wildman–Crippen MR) is 68.6 cm³/mol. The van der Waals surface area contributed by atoms with Crippen LogP contribution in [0.2, 0.25) is 5.02 Å². The summed E-state index contributed by atoms with van der Waals surface area (Å²) in [7, 11) is 0. The Kier molecular flexibility index (Phi) is 3.61. The molecular formula is C10H8BrClN2S. The van der Waals surface area contributed by atoms with E-state index in [1.54, 1.807) is 17.5 Å². The van der Waals surface area contributed by atoms with Gasteiger partial charge in [-0.05, 0) is 17.7 Å². The second-order valence-electron chi connectivity index (χ2n) is 2.93. The van der Waals surface area contributed by atoms with Gasteiger partial charge in [0.25, 0.3) is 0 Å². The number of halogens is 2. The van der Waals surface area contributed by atoms with Gasteiger partial charge < -0.3 is 5.32 Å². The van der Waals surface area contributed by atoms with Crippen molar-refractivity contribution in [1.82, 2.24) is 4.98 Å². The van der Waals surface area contributed by atoms with E-state index in [0.29, 0.717) is 0 Å². The number of nitrogens with zero attached hydrogens (tertiary/aromatic N) is 1. The van der Waals surface area contributed by atoms with Gasteiger partial charge in [-0.3, -0.25) is 0 Å². The lowest BCUT2D eigenvalue weighted by atomic mass is 10.2. The van der Waals surface area contributed by atoms with Gasteiger partial charge in [-0.1, -0.05) is 33.6 Å². The first-order valence-corrected chi connectivity index (χ1v) is 6.38. The molecule has 1 aromatic carbocycles. The van der Waals surface area contributed by atoms with Crippen LogP contribution in [0, 0.1) is 0 Å². The van der Waals surface area contributed by atoms with E-state index in [4.69, 9.17) is 11.6 Å². The summed E-state index contributed by atoms with van der Waals surface area (Å²) >= 11 is 10.9. The molecule has 2 aromatic rings.